The van der Waals surface area contributed by atoms with Crippen LogP contribution in [-0.4, -0.2) is 24.3 Å². The van der Waals surface area contributed by atoms with Crippen molar-refractivity contribution in [3.63, 3.8) is 0 Å². The Bertz CT molecular complexity index is 1440. The minimum absolute atomic E-state index is 0.0814. The Balaban J connectivity index is 1.46. The van der Waals surface area contributed by atoms with Gasteiger partial charge in [-0.1, -0.05) is 64.1 Å². The molecule has 3 aliphatic rings. The summed E-state index contributed by atoms with van der Waals surface area (Å²) < 4.78 is 11.9. The van der Waals surface area contributed by atoms with E-state index in [4.69, 9.17) is 14.5 Å². The summed E-state index contributed by atoms with van der Waals surface area (Å²) in [6, 6.07) is 25.4. The normalized spacial score (nSPS) is 19.8. The molecule has 0 N–H and O–H groups in total. The van der Waals surface area contributed by atoms with Gasteiger partial charge in [0.15, 0.2) is 5.17 Å². The van der Waals surface area contributed by atoms with Crippen LogP contribution in [0.3, 0.4) is 0 Å². The van der Waals surface area contributed by atoms with Crippen molar-refractivity contribution in [2.24, 2.45) is 4.99 Å². The number of hydrogen-bond acceptors (Lipinski definition) is 5. The summed E-state index contributed by atoms with van der Waals surface area (Å²) in [7, 11) is 3.41. The lowest BCUT2D eigenvalue weighted by atomic mass is 9.82. The van der Waals surface area contributed by atoms with Crippen molar-refractivity contribution in [1.29, 1.82) is 0 Å². The van der Waals surface area contributed by atoms with E-state index in [0.29, 0.717) is 0 Å². The van der Waals surface area contributed by atoms with Crippen LogP contribution >= 0.6 is 27.7 Å². The van der Waals surface area contributed by atoms with Gasteiger partial charge in [0.1, 0.15) is 11.5 Å². The van der Waals surface area contributed by atoms with E-state index in [0.717, 1.165) is 46.1 Å². The third-order valence-electron chi connectivity index (χ3n) is 7.07. The lowest BCUT2D eigenvalue weighted by Crippen LogP contribution is -2.34. The van der Waals surface area contributed by atoms with Crippen LogP contribution in [0.1, 0.15) is 42.0 Å². The van der Waals surface area contributed by atoms with Gasteiger partial charge in [0.05, 0.1) is 31.7 Å². The van der Waals surface area contributed by atoms with Gasteiger partial charge in [-0.05, 0) is 89.6 Å². The van der Waals surface area contributed by atoms with Gasteiger partial charge in [0.25, 0.3) is 0 Å². The molecule has 3 aromatic carbocycles. The van der Waals surface area contributed by atoms with Gasteiger partial charge < -0.3 is 14.4 Å². The van der Waals surface area contributed by atoms with Crippen LogP contribution in [0.25, 0.3) is 11.8 Å². The maximum Gasteiger partial charge on any atom is 0.174 e. The van der Waals surface area contributed by atoms with Gasteiger partial charge in [-0.25, -0.2) is 4.99 Å². The Morgan fingerprint density at radius 3 is 2.24 bits per heavy atom. The van der Waals surface area contributed by atoms with Crippen LogP contribution in [-0.2, 0) is 0 Å². The van der Waals surface area contributed by atoms with E-state index in [-0.39, 0.29) is 6.04 Å². The Morgan fingerprint density at radius 2 is 1.57 bits per heavy atom. The van der Waals surface area contributed by atoms with E-state index in [2.05, 4.69) is 93.0 Å². The van der Waals surface area contributed by atoms with Crippen molar-refractivity contribution in [2.75, 3.05) is 14.2 Å². The zero-order chi connectivity index (χ0) is 25.4. The van der Waals surface area contributed by atoms with Crippen molar-refractivity contribution in [3.05, 3.63) is 116 Å². The largest absolute Gasteiger partial charge is 0.497 e. The fraction of sp³-hybridized carbons (Fsp3) is 0.194. The molecule has 0 saturated carbocycles. The standard InChI is InChI=1S/C31H27BrN2O2S/c1-35-25-14-6-20(7-15-25)18-23-4-3-5-27-29(23)33-31-34(30(27)22-10-16-26(36-2)17-11-22)28(19-37-31)21-8-12-24(32)13-9-21/h6-19,30H,3-5H2,1-2H3/b23-18+. The number of hydrogen-bond donors (Lipinski definition) is 0. The zero-order valence-corrected chi connectivity index (χ0v) is 23.2. The van der Waals surface area contributed by atoms with Gasteiger partial charge in [-0.15, -0.1) is 0 Å². The molecule has 1 unspecified atom stereocenters. The van der Waals surface area contributed by atoms with Crippen LogP contribution in [0, 0.1) is 0 Å². The summed E-state index contributed by atoms with van der Waals surface area (Å²) in [6.07, 6.45) is 5.45. The molecule has 186 valence electrons. The minimum atomic E-state index is 0.0814. The van der Waals surface area contributed by atoms with Crippen molar-refractivity contribution >= 4 is 44.6 Å². The number of fused-ring (bicyclic) bond motifs is 1. The smallest absolute Gasteiger partial charge is 0.174 e. The average molecular weight is 572 g/mol. The van der Waals surface area contributed by atoms with E-state index in [1.165, 1.54) is 33.5 Å². The van der Waals surface area contributed by atoms with Crippen molar-refractivity contribution < 1.29 is 9.47 Å². The predicted octanol–water partition coefficient (Wildman–Crippen LogP) is 8.45. The molecule has 1 aliphatic carbocycles. The number of amidine groups is 1. The van der Waals surface area contributed by atoms with Gasteiger partial charge in [0, 0.05) is 9.88 Å². The molecule has 1 atom stereocenters. The van der Waals surface area contributed by atoms with Gasteiger partial charge in [-0.3, -0.25) is 0 Å². The Morgan fingerprint density at radius 1 is 0.892 bits per heavy atom. The summed E-state index contributed by atoms with van der Waals surface area (Å²) in [4.78, 5) is 7.71. The summed E-state index contributed by atoms with van der Waals surface area (Å²) in [5.41, 5.74) is 8.62. The van der Waals surface area contributed by atoms with E-state index < -0.39 is 0 Å². The quantitative estimate of drug-likeness (QED) is 0.308. The molecule has 6 rings (SSSR count). The highest BCUT2D eigenvalue weighted by atomic mass is 79.9. The van der Waals surface area contributed by atoms with Crippen molar-refractivity contribution in [2.45, 2.75) is 25.3 Å². The maximum atomic E-state index is 5.46. The van der Waals surface area contributed by atoms with Crippen LogP contribution in [0.4, 0.5) is 0 Å². The Labute approximate surface area is 230 Å². The fourth-order valence-electron chi connectivity index (χ4n) is 5.23. The van der Waals surface area contributed by atoms with E-state index in [1.54, 1.807) is 26.0 Å². The zero-order valence-electron chi connectivity index (χ0n) is 20.8. The predicted molar refractivity (Wildman–Crippen MR) is 157 cm³/mol. The second-order valence-corrected chi connectivity index (χ2v) is 11.0. The fourth-order valence-corrected chi connectivity index (χ4v) is 6.43. The Hall–Kier alpha value is -3.22. The number of ether oxygens (including phenoxy) is 2. The maximum absolute atomic E-state index is 5.46. The molecule has 37 heavy (non-hydrogen) atoms. The summed E-state index contributed by atoms with van der Waals surface area (Å²) in [5.74, 6) is 1.73. The topological polar surface area (TPSA) is 34.1 Å². The molecule has 6 heteroatoms. The highest BCUT2D eigenvalue weighted by molar-refractivity contribution is 9.10. The van der Waals surface area contributed by atoms with Crippen molar-refractivity contribution in [1.82, 2.24) is 4.90 Å². The van der Waals surface area contributed by atoms with E-state index >= 15 is 0 Å². The third-order valence-corrected chi connectivity index (χ3v) is 8.43. The van der Waals surface area contributed by atoms with Crippen LogP contribution in [0.15, 0.2) is 105 Å². The molecule has 0 fully saturated rings. The van der Waals surface area contributed by atoms with Gasteiger partial charge in [0.2, 0.25) is 0 Å². The first-order valence-electron chi connectivity index (χ1n) is 12.4. The number of allylic oxidation sites excluding steroid dienone is 1. The number of thioether (sulfide) groups is 1. The number of benzene rings is 3. The molecular formula is C31H27BrN2O2S. The average Bonchev–Trinajstić information content (AvgIpc) is 3.36. The highest BCUT2D eigenvalue weighted by Crippen LogP contribution is 2.51. The number of methoxy groups -OCH3 is 2. The summed E-state index contributed by atoms with van der Waals surface area (Å²) in [6.45, 7) is 0. The molecule has 4 nitrogen and oxygen atoms in total. The van der Waals surface area contributed by atoms with Crippen LogP contribution in [0.2, 0.25) is 0 Å². The lowest BCUT2D eigenvalue weighted by molar-refractivity contribution is 0.413. The first-order chi connectivity index (χ1) is 18.1. The molecule has 3 aromatic rings. The van der Waals surface area contributed by atoms with Gasteiger partial charge in [-0.2, -0.15) is 0 Å². The number of halogens is 1. The molecule has 0 spiro atoms. The first-order valence-corrected chi connectivity index (χ1v) is 14.0. The number of nitrogens with zero attached hydrogens (tertiary/aromatic N) is 2. The molecular weight excluding hydrogens is 544 g/mol. The molecule has 0 bridgehead atoms. The third kappa shape index (κ3) is 4.64. The Kier molecular flexibility index (Phi) is 6.70. The number of rotatable bonds is 5. The van der Waals surface area contributed by atoms with E-state index in [9.17, 15) is 0 Å². The second kappa shape index (κ2) is 10.3. The monoisotopic (exact) mass is 570 g/mol. The number of aliphatic imine (C=N–C) groups is 1. The van der Waals surface area contributed by atoms with E-state index in [1.807, 2.05) is 12.1 Å². The summed E-state index contributed by atoms with van der Waals surface area (Å²) >= 11 is 5.29. The molecule has 2 aliphatic heterocycles. The highest BCUT2D eigenvalue weighted by Gasteiger charge is 2.40. The van der Waals surface area contributed by atoms with Crippen LogP contribution in [0.5, 0.6) is 11.5 Å². The molecule has 0 aromatic heterocycles. The second-order valence-electron chi connectivity index (χ2n) is 9.24. The lowest BCUT2D eigenvalue weighted by Gasteiger charge is -2.40. The first kappa shape index (κ1) is 24.1. The van der Waals surface area contributed by atoms with Crippen LogP contribution < -0.4 is 9.47 Å². The summed E-state index contributed by atoms with van der Waals surface area (Å²) in [5, 5.41) is 3.27. The molecule has 0 radical (unpaired) electrons. The molecule has 2 heterocycles. The van der Waals surface area contributed by atoms with Gasteiger partial charge >= 0.3 is 0 Å². The minimum Gasteiger partial charge on any atom is -0.497 e. The molecule has 0 amide bonds. The molecule has 0 saturated heterocycles. The SMILES string of the molecule is COc1ccc(/C=C2\CCCC3=C2N=C2SC=C(c4ccc(Br)cc4)N2C3c2ccc(OC)cc2)cc1. The van der Waals surface area contributed by atoms with Crippen molar-refractivity contribution in [3.8, 4) is 11.5 Å².